The molecule has 1 heterocycles. The molecule has 0 spiro atoms. The highest BCUT2D eigenvalue weighted by molar-refractivity contribution is 7.99. The van der Waals surface area contributed by atoms with E-state index < -0.39 is 36.0 Å². The normalized spacial score (nSPS) is 32.8. The second-order valence-corrected chi connectivity index (χ2v) is 11.7. The zero-order valence-corrected chi connectivity index (χ0v) is 20.5. The van der Waals surface area contributed by atoms with E-state index >= 15 is 0 Å². The molecule has 1 unspecified atom stereocenters. The first-order valence-corrected chi connectivity index (χ1v) is 13.4. The molecule has 186 valence electrons. The van der Waals surface area contributed by atoms with Crippen molar-refractivity contribution in [3.05, 3.63) is 24.3 Å². The number of nitrogens with zero attached hydrogens (tertiary/aromatic N) is 2. The molecule has 6 rings (SSSR count). The van der Waals surface area contributed by atoms with E-state index in [1.165, 1.54) is 35.9 Å². The molecular formula is C26H31N3O5S. The number of β-amino-alcohol motifs (C(OH)–C–C–N with tert-alkyl or cyclic N) is 1. The van der Waals surface area contributed by atoms with E-state index in [4.69, 9.17) is 10.00 Å². The topological polar surface area (TPSA) is 120 Å². The number of ether oxygens (including phenoxy) is 1. The first kappa shape index (κ1) is 24.1. The summed E-state index contributed by atoms with van der Waals surface area (Å²) in [7, 11) is 0. The van der Waals surface area contributed by atoms with Crippen LogP contribution < -0.4 is 5.32 Å². The Kier molecular flexibility index (Phi) is 6.78. The molecule has 0 radical (unpaired) electrons. The number of carbonyl (C=O) groups excluding carboxylic acids is 3. The Labute approximate surface area is 209 Å². The third kappa shape index (κ3) is 4.91. The zero-order valence-electron chi connectivity index (χ0n) is 19.7. The van der Waals surface area contributed by atoms with Crippen molar-refractivity contribution in [2.45, 2.75) is 62.0 Å². The summed E-state index contributed by atoms with van der Waals surface area (Å²) < 4.78 is 5.31. The summed E-state index contributed by atoms with van der Waals surface area (Å²) in [4.78, 5) is 41.5. The quantitative estimate of drug-likeness (QED) is 0.439. The van der Waals surface area contributed by atoms with Gasteiger partial charge in [-0.2, -0.15) is 5.26 Å². The van der Waals surface area contributed by atoms with Crippen LogP contribution in [0.5, 0.6) is 0 Å². The van der Waals surface area contributed by atoms with Gasteiger partial charge in [-0.15, -0.1) is 11.8 Å². The van der Waals surface area contributed by atoms with Gasteiger partial charge in [-0.25, -0.2) is 4.79 Å². The predicted octanol–water partition coefficient (Wildman–Crippen LogP) is 2.96. The smallest absolute Gasteiger partial charge is 0.329 e. The molecule has 1 aromatic carbocycles. The van der Waals surface area contributed by atoms with Crippen LogP contribution in [0.1, 0.15) is 44.9 Å². The highest BCUT2D eigenvalue weighted by atomic mass is 32.2. The average Bonchev–Trinajstić information content (AvgIpc) is 3.22. The van der Waals surface area contributed by atoms with Gasteiger partial charge in [0.2, 0.25) is 5.91 Å². The summed E-state index contributed by atoms with van der Waals surface area (Å²) in [6, 6.07) is 8.30. The number of hydrogen-bond acceptors (Lipinski definition) is 7. The maximum atomic E-state index is 13.8. The SMILES string of the molecule is N#CCSc1ccccc1NC(=O)COC(=O)[C@@H]1CC(O)CN1C(=O)C12CC3CC(CC(C3)C1)C2. The number of thioether (sulfide) groups is 1. The fraction of sp³-hybridized carbons (Fsp3) is 0.615. The Morgan fingerprint density at radius 1 is 1.11 bits per heavy atom. The van der Waals surface area contributed by atoms with Crippen LogP contribution in [0.25, 0.3) is 0 Å². The van der Waals surface area contributed by atoms with Crippen molar-refractivity contribution in [3.8, 4) is 6.07 Å². The van der Waals surface area contributed by atoms with Gasteiger partial charge in [0, 0.05) is 17.9 Å². The number of para-hydroxylation sites is 1. The molecule has 4 saturated carbocycles. The molecule has 8 nitrogen and oxygen atoms in total. The van der Waals surface area contributed by atoms with Gasteiger partial charge in [0.05, 0.1) is 29.0 Å². The summed E-state index contributed by atoms with van der Waals surface area (Å²) in [6.07, 6.45) is 5.67. The van der Waals surface area contributed by atoms with E-state index in [0.717, 1.165) is 24.2 Å². The van der Waals surface area contributed by atoms with Crippen molar-refractivity contribution in [3.63, 3.8) is 0 Å². The molecule has 9 heteroatoms. The Morgan fingerprint density at radius 2 is 1.77 bits per heavy atom. The van der Waals surface area contributed by atoms with Gasteiger partial charge >= 0.3 is 5.97 Å². The number of nitrogens with one attached hydrogen (secondary N) is 1. The van der Waals surface area contributed by atoms with E-state index in [2.05, 4.69) is 11.4 Å². The van der Waals surface area contributed by atoms with Crippen LogP contribution in [0.4, 0.5) is 5.69 Å². The Bertz CT molecular complexity index is 1020. The van der Waals surface area contributed by atoms with Gasteiger partial charge in [0.15, 0.2) is 6.61 Å². The zero-order chi connectivity index (χ0) is 24.6. The van der Waals surface area contributed by atoms with Crippen LogP contribution >= 0.6 is 11.8 Å². The fourth-order valence-corrected chi connectivity index (χ4v) is 7.83. The van der Waals surface area contributed by atoms with E-state index in [0.29, 0.717) is 23.4 Å². The number of aliphatic hydroxyl groups excluding tert-OH is 1. The second kappa shape index (κ2) is 9.82. The molecule has 2 atom stereocenters. The predicted molar refractivity (Wildman–Crippen MR) is 129 cm³/mol. The molecule has 2 amide bonds. The number of anilines is 1. The summed E-state index contributed by atoms with van der Waals surface area (Å²) in [5, 5.41) is 21.9. The maximum Gasteiger partial charge on any atom is 0.329 e. The summed E-state index contributed by atoms with van der Waals surface area (Å²) in [5.41, 5.74) is 0.142. The van der Waals surface area contributed by atoms with Gasteiger partial charge in [-0.05, 0) is 68.4 Å². The van der Waals surface area contributed by atoms with Crippen molar-refractivity contribution in [2.24, 2.45) is 23.2 Å². The number of rotatable bonds is 7. The number of nitriles is 1. The van der Waals surface area contributed by atoms with Crippen molar-refractivity contribution in [2.75, 3.05) is 24.2 Å². The Hall–Kier alpha value is -2.57. The number of likely N-dealkylation sites (tertiary alicyclic amines) is 1. The molecular weight excluding hydrogens is 466 g/mol. The van der Waals surface area contributed by atoms with Crippen LogP contribution in [0.2, 0.25) is 0 Å². The number of aliphatic hydroxyl groups is 1. The molecule has 1 aliphatic heterocycles. The monoisotopic (exact) mass is 497 g/mol. The third-order valence-corrected chi connectivity index (χ3v) is 9.04. The summed E-state index contributed by atoms with van der Waals surface area (Å²) in [6.45, 7) is -0.349. The van der Waals surface area contributed by atoms with Crippen LogP contribution in [-0.4, -0.2) is 58.8 Å². The van der Waals surface area contributed by atoms with E-state index in [1.54, 1.807) is 18.2 Å². The summed E-state index contributed by atoms with van der Waals surface area (Å²) in [5.74, 6) is 0.883. The van der Waals surface area contributed by atoms with Crippen molar-refractivity contribution >= 4 is 35.2 Å². The molecule has 35 heavy (non-hydrogen) atoms. The lowest BCUT2D eigenvalue weighted by molar-refractivity contribution is -0.166. The largest absolute Gasteiger partial charge is 0.454 e. The van der Waals surface area contributed by atoms with Crippen LogP contribution in [-0.2, 0) is 19.1 Å². The van der Waals surface area contributed by atoms with Crippen LogP contribution in [0, 0.1) is 34.5 Å². The number of hydrogen-bond donors (Lipinski definition) is 2. The highest BCUT2D eigenvalue weighted by Crippen LogP contribution is 2.60. The molecule has 1 saturated heterocycles. The van der Waals surface area contributed by atoms with Crippen molar-refractivity contribution in [1.82, 2.24) is 4.90 Å². The standard InChI is InChI=1S/C26H31N3O5S/c27-5-6-35-22-4-2-1-3-20(22)28-23(31)15-34-24(32)21-10-19(30)14-29(21)25(33)26-11-16-7-17(12-26)9-18(8-16)13-26/h1-4,16-19,21,30H,6-15H2,(H,28,31)/t16?,17?,18?,19?,21-,26?/m0/s1. The number of benzene rings is 1. The molecule has 5 aliphatic rings. The van der Waals surface area contributed by atoms with Gasteiger partial charge < -0.3 is 20.1 Å². The van der Waals surface area contributed by atoms with Crippen molar-refractivity contribution in [1.29, 1.82) is 5.26 Å². The minimum absolute atomic E-state index is 0.0111. The second-order valence-electron chi connectivity index (χ2n) is 10.7. The van der Waals surface area contributed by atoms with Gasteiger partial charge in [-0.1, -0.05) is 12.1 Å². The molecule has 4 aliphatic carbocycles. The first-order valence-electron chi connectivity index (χ1n) is 12.4. The van der Waals surface area contributed by atoms with Crippen LogP contribution in [0.15, 0.2) is 29.2 Å². The van der Waals surface area contributed by atoms with Gasteiger partial charge in [0.25, 0.3) is 5.91 Å². The van der Waals surface area contributed by atoms with E-state index in [1.807, 2.05) is 6.07 Å². The minimum atomic E-state index is -0.864. The first-order chi connectivity index (χ1) is 16.9. The molecule has 2 N–H and O–H groups in total. The molecule has 5 fully saturated rings. The number of esters is 1. The highest BCUT2D eigenvalue weighted by Gasteiger charge is 2.57. The average molecular weight is 498 g/mol. The number of amides is 2. The molecule has 4 bridgehead atoms. The summed E-state index contributed by atoms with van der Waals surface area (Å²) >= 11 is 1.31. The fourth-order valence-electron chi connectivity index (χ4n) is 7.16. The van der Waals surface area contributed by atoms with Crippen molar-refractivity contribution < 1.29 is 24.2 Å². The number of carbonyl (C=O) groups is 3. The lowest BCUT2D eigenvalue weighted by atomic mass is 9.49. The minimum Gasteiger partial charge on any atom is -0.454 e. The molecule has 1 aromatic rings. The Balaban J connectivity index is 1.20. The lowest BCUT2D eigenvalue weighted by Crippen LogP contribution is -2.56. The van der Waals surface area contributed by atoms with E-state index in [-0.39, 0.29) is 24.6 Å². The lowest BCUT2D eigenvalue weighted by Gasteiger charge is -2.56. The van der Waals surface area contributed by atoms with Gasteiger partial charge in [0.1, 0.15) is 6.04 Å². The Morgan fingerprint density at radius 3 is 2.43 bits per heavy atom. The van der Waals surface area contributed by atoms with Gasteiger partial charge in [-0.3, -0.25) is 9.59 Å². The third-order valence-electron chi connectivity index (χ3n) is 8.10. The molecule has 0 aromatic heterocycles. The van der Waals surface area contributed by atoms with E-state index in [9.17, 15) is 19.5 Å². The maximum absolute atomic E-state index is 13.8. The van der Waals surface area contributed by atoms with Crippen LogP contribution in [0.3, 0.4) is 0 Å².